The molecule has 4 nitrogen and oxygen atoms in total. The molecule has 0 spiro atoms. The van der Waals surface area contributed by atoms with Crippen LogP contribution in [0.5, 0.6) is 0 Å². The summed E-state index contributed by atoms with van der Waals surface area (Å²) >= 11 is 13.4. The molecule has 0 atom stereocenters. The summed E-state index contributed by atoms with van der Waals surface area (Å²) in [6.07, 6.45) is 0. The van der Waals surface area contributed by atoms with E-state index in [1.54, 1.807) is 12.1 Å². The lowest BCUT2D eigenvalue weighted by molar-refractivity contribution is 0.935. The second kappa shape index (κ2) is 5.96. The van der Waals surface area contributed by atoms with Crippen molar-refractivity contribution in [3.8, 4) is 0 Å². The minimum Gasteiger partial charge on any atom is -0.308 e. The van der Waals surface area contributed by atoms with Gasteiger partial charge in [0.2, 0.25) is 0 Å². The van der Waals surface area contributed by atoms with Crippen molar-refractivity contribution in [1.82, 2.24) is 9.97 Å². The van der Waals surface area contributed by atoms with Gasteiger partial charge in [-0.15, -0.1) is 0 Å². The zero-order valence-corrected chi connectivity index (χ0v) is 12.7. The third kappa shape index (κ3) is 3.30. The Morgan fingerprint density at radius 2 is 1.89 bits per heavy atom. The molecular formula is C12H12Cl2N4S. The van der Waals surface area contributed by atoms with E-state index in [9.17, 15) is 0 Å². The molecule has 1 aromatic carbocycles. The standard InChI is InChI=1S/C12H12Cl2N4S/c1-6-11(18-15)16-7(2)17-12(6)19-8-3-4-9(13)10(14)5-8/h3-5H,15H2,1-2H3,(H,16,17,18). The van der Waals surface area contributed by atoms with Gasteiger partial charge in [-0.25, -0.2) is 15.8 Å². The number of hydrazine groups is 1. The smallest absolute Gasteiger partial charge is 0.147 e. The first-order valence-corrected chi connectivity index (χ1v) is 7.03. The van der Waals surface area contributed by atoms with Crippen molar-refractivity contribution in [1.29, 1.82) is 0 Å². The topological polar surface area (TPSA) is 63.8 Å². The van der Waals surface area contributed by atoms with Crippen molar-refractivity contribution in [3.05, 3.63) is 39.6 Å². The van der Waals surface area contributed by atoms with Crippen molar-refractivity contribution in [3.63, 3.8) is 0 Å². The molecule has 3 N–H and O–H groups in total. The predicted octanol–water partition coefficient (Wildman–Crippen LogP) is 3.84. The summed E-state index contributed by atoms with van der Waals surface area (Å²) in [7, 11) is 0. The van der Waals surface area contributed by atoms with Crippen molar-refractivity contribution in [2.75, 3.05) is 5.43 Å². The van der Waals surface area contributed by atoms with Gasteiger partial charge in [0, 0.05) is 10.5 Å². The van der Waals surface area contributed by atoms with Crippen LogP contribution in [0.25, 0.3) is 0 Å². The van der Waals surface area contributed by atoms with Gasteiger partial charge in [0.1, 0.15) is 16.7 Å². The molecule has 1 heterocycles. The zero-order chi connectivity index (χ0) is 14.0. The van der Waals surface area contributed by atoms with Crippen LogP contribution in [-0.4, -0.2) is 9.97 Å². The van der Waals surface area contributed by atoms with Gasteiger partial charge in [0.05, 0.1) is 10.0 Å². The molecule has 0 aliphatic carbocycles. The molecule has 19 heavy (non-hydrogen) atoms. The Bertz CT molecular complexity index is 619. The van der Waals surface area contributed by atoms with E-state index >= 15 is 0 Å². The van der Waals surface area contributed by atoms with Gasteiger partial charge in [-0.1, -0.05) is 35.0 Å². The van der Waals surface area contributed by atoms with Crippen LogP contribution in [0.15, 0.2) is 28.1 Å². The minimum absolute atomic E-state index is 0.521. The SMILES string of the molecule is Cc1nc(NN)c(C)c(Sc2ccc(Cl)c(Cl)c2)n1. The summed E-state index contributed by atoms with van der Waals surface area (Å²) in [5, 5.41) is 1.89. The highest BCUT2D eigenvalue weighted by Gasteiger charge is 2.10. The van der Waals surface area contributed by atoms with Crippen LogP contribution in [0.2, 0.25) is 10.0 Å². The normalized spacial score (nSPS) is 10.6. The molecule has 0 saturated heterocycles. The maximum absolute atomic E-state index is 6.00. The maximum Gasteiger partial charge on any atom is 0.147 e. The Labute approximate surface area is 125 Å². The van der Waals surface area contributed by atoms with Gasteiger partial charge in [0.15, 0.2) is 0 Å². The fourth-order valence-electron chi connectivity index (χ4n) is 1.49. The number of nitrogens with one attached hydrogen (secondary N) is 1. The number of nitrogens with two attached hydrogens (primary N) is 1. The van der Waals surface area contributed by atoms with Gasteiger partial charge < -0.3 is 5.43 Å². The molecule has 7 heteroatoms. The largest absolute Gasteiger partial charge is 0.308 e. The Hall–Kier alpha value is -1.01. The molecule has 0 unspecified atom stereocenters. The summed E-state index contributed by atoms with van der Waals surface area (Å²) in [5.41, 5.74) is 3.46. The van der Waals surface area contributed by atoms with E-state index in [0.717, 1.165) is 15.5 Å². The Balaban J connectivity index is 2.37. The molecular weight excluding hydrogens is 303 g/mol. The number of nitrogen functional groups attached to an aromatic ring is 1. The van der Waals surface area contributed by atoms with E-state index in [-0.39, 0.29) is 0 Å². The molecule has 2 aromatic rings. The van der Waals surface area contributed by atoms with Crippen LogP contribution in [0.1, 0.15) is 11.4 Å². The van der Waals surface area contributed by atoms with Gasteiger partial charge in [-0.2, -0.15) is 0 Å². The van der Waals surface area contributed by atoms with Crippen molar-refractivity contribution >= 4 is 40.8 Å². The third-order valence-corrected chi connectivity index (χ3v) is 4.27. The Kier molecular flexibility index (Phi) is 4.52. The van der Waals surface area contributed by atoms with Crippen LogP contribution < -0.4 is 11.3 Å². The highest BCUT2D eigenvalue weighted by atomic mass is 35.5. The molecule has 0 fully saturated rings. The number of rotatable bonds is 3. The molecule has 100 valence electrons. The fourth-order valence-corrected chi connectivity index (χ4v) is 2.82. The first kappa shape index (κ1) is 14.4. The quantitative estimate of drug-likeness (QED) is 0.512. The summed E-state index contributed by atoms with van der Waals surface area (Å²) in [6, 6.07) is 5.46. The molecule has 0 radical (unpaired) electrons. The number of hydrogen-bond donors (Lipinski definition) is 2. The average Bonchev–Trinajstić information content (AvgIpc) is 2.37. The highest BCUT2D eigenvalue weighted by molar-refractivity contribution is 7.99. The van der Waals surface area contributed by atoms with E-state index in [1.165, 1.54) is 11.8 Å². The van der Waals surface area contributed by atoms with Crippen LogP contribution in [0, 0.1) is 13.8 Å². The molecule has 0 saturated carbocycles. The Morgan fingerprint density at radius 1 is 1.16 bits per heavy atom. The monoisotopic (exact) mass is 314 g/mol. The summed E-state index contributed by atoms with van der Waals surface area (Å²) in [5.74, 6) is 6.71. The summed E-state index contributed by atoms with van der Waals surface area (Å²) in [6.45, 7) is 3.73. The van der Waals surface area contributed by atoms with Gasteiger partial charge >= 0.3 is 0 Å². The summed E-state index contributed by atoms with van der Waals surface area (Å²) in [4.78, 5) is 9.58. The number of hydrogen-bond acceptors (Lipinski definition) is 5. The zero-order valence-electron chi connectivity index (χ0n) is 10.4. The molecule has 0 aliphatic rings. The number of aryl methyl sites for hydroxylation is 1. The molecule has 0 amide bonds. The van der Waals surface area contributed by atoms with Gasteiger partial charge in [0.25, 0.3) is 0 Å². The van der Waals surface area contributed by atoms with Crippen LogP contribution >= 0.6 is 35.0 Å². The third-order valence-electron chi connectivity index (χ3n) is 2.46. The first-order valence-electron chi connectivity index (χ1n) is 5.46. The number of benzene rings is 1. The molecule has 1 aromatic heterocycles. The lowest BCUT2D eigenvalue weighted by atomic mass is 10.3. The molecule has 0 aliphatic heterocycles. The minimum atomic E-state index is 0.521. The highest BCUT2D eigenvalue weighted by Crippen LogP contribution is 2.34. The number of halogens is 2. The Morgan fingerprint density at radius 3 is 2.53 bits per heavy atom. The lowest BCUT2D eigenvalue weighted by Crippen LogP contribution is -2.12. The predicted molar refractivity (Wildman–Crippen MR) is 79.9 cm³/mol. The number of aromatic nitrogens is 2. The van der Waals surface area contributed by atoms with E-state index in [2.05, 4.69) is 15.4 Å². The van der Waals surface area contributed by atoms with Crippen LogP contribution in [0.4, 0.5) is 5.82 Å². The van der Waals surface area contributed by atoms with Crippen molar-refractivity contribution in [2.45, 2.75) is 23.8 Å². The first-order chi connectivity index (χ1) is 9.01. The number of nitrogens with zero attached hydrogens (tertiary/aromatic N) is 2. The second-order valence-corrected chi connectivity index (χ2v) is 5.75. The van der Waals surface area contributed by atoms with E-state index in [0.29, 0.717) is 21.7 Å². The van der Waals surface area contributed by atoms with Crippen molar-refractivity contribution in [2.24, 2.45) is 5.84 Å². The van der Waals surface area contributed by atoms with E-state index < -0.39 is 0 Å². The van der Waals surface area contributed by atoms with Gasteiger partial charge in [-0.3, -0.25) is 0 Å². The fraction of sp³-hybridized carbons (Fsp3) is 0.167. The van der Waals surface area contributed by atoms with Crippen LogP contribution in [-0.2, 0) is 0 Å². The number of anilines is 1. The van der Waals surface area contributed by atoms with Gasteiger partial charge in [-0.05, 0) is 32.0 Å². The van der Waals surface area contributed by atoms with E-state index in [1.807, 2.05) is 19.9 Å². The second-order valence-electron chi connectivity index (χ2n) is 3.87. The maximum atomic E-state index is 6.00. The molecule has 2 rings (SSSR count). The lowest BCUT2D eigenvalue weighted by Gasteiger charge is -2.10. The van der Waals surface area contributed by atoms with Crippen molar-refractivity contribution < 1.29 is 0 Å². The van der Waals surface area contributed by atoms with E-state index in [4.69, 9.17) is 29.0 Å². The van der Waals surface area contributed by atoms with Crippen LogP contribution in [0.3, 0.4) is 0 Å². The molecule has 0 bridgehead atoms. The summed E-state index contributed by atoms with van der Waals surface area (Å²) < 4.78 is 0. The average molecular weight is 315 g/mol.